The van der Waals surface area contributed by atoms with Crippen LogP contribution in [0, 0.1) is 0 Å². The Morgan fingerprint density at radius 2 is 2.00 bits per heavy atom. The van der Waals surface area contributed by atoms with Crippen LogP contribution in [0.5, 0.6) is 0 Å². The summed E-state index contributed by atoms with van der Waals surface area (Å²) in [6.07, 6.45) is 3.72. The number of aliphatic carboxylic acids is 1. The van der Waals surface area contributed by atoms with Gasteiger partial charge in [0.1, 0.15) is 6.34 Å². The number of anilines is 1. The summed E-state index contributed by atoms with van der Waals surface area (Å²) in [5, 5.41) is 11.6. The van der Waals surface area contributed by atoms with Crippen LogP contribution in [0.4, 0.5) is 11.4 Å². The lowest BCUT2D eigenvalue weighted by Gasteiger charge is -2.08. The molecule has 0 fully saturated rings. The highest BCUT2D eigenvalue weighted by atomic mass is 35.5. The molecule has 7 nitrogen and oxygen atoms in total. The number of carbonyl (C=O) groups is 2. The van der Waals surface area contributed by atoms with Gasteiger partial charge in [0.2, 0.25) is 0 Å². The Bertz CT molecular complexity index is 850. The largest absolute Gasteiger partial charge is 0.478 e. The molecule has 0 bridgehead atoms. The molecule has 0 aliphatic rings. The van der Waals surface area contributed by atoms with E-state index >= 15 is 0 Å². The van der Waals surface area contributed by atoms with Gasteiger partial charge in [-0.1, -0.05) is 23.7 Å². The molecule has 25 heavy (non-hydrogen) atoms. The van der Waals surface area contributed by atoms with Gasteiger partial charge >= 0.3 is 5.97 Å². The lowest BCUT2D eigenvalue weighted by molar-refractivity contribution is -0.131. The average Bonchev–Trinajstić information content (AvgIpc) is 2.60. The SMILES string of the molecule is NNC=Nc1cccc(C(=O)Nc2ccc(C=CC(=O)O)cc2Cl)c1. The highest BCUT2D eigenvalue weighted by molar-refractivity contribution is 6.34. The van der Waals surface area contributed by atoms with Crippen molar-refractivity contribution in [1.29, 1.82) is 0 Å². The van der Waals surface area contributed by atoms with Gasteiger partial charge in [0.15, 0.2) is 0 Å². The first kappa shape index (κ1) is 18.2. The van der Waals surface area contributed by atoms with E-state index in [2.05, 4.69) is 15.7 Å². The van der Waals surface area contributed by atoms with Crippen molar-refractivity contribution in [3.05, 3.63) is 64.7 Å². The monoisotopic (exact) mass is 358 g/mol. The summed E-state index contributed by atoms with van der Waals surface area (Å²) in [4.78, 5) is 26.9. The molecule has 2 aromatic rings. The molecule has 5 N–H and O–H groups in total. The fraction of sp³-hybridized carbons (Fsp3) is 0. The smallest absolute Gasteiger partial charge is 0.328 e. The van der Waals surface area contributed by atoms with Crippen LogP contribution in [0.25, 0.3) is 6.08 Å². The van der Waals surface area contributed by atoms with E-state index in [1.165, 1.54) is 12.4 Å². The van der Waals surface area contributed by atoms with Crippen molar-refractivity contribution in [2.24, 2.45) is 10.8 Å². The van der Waals surface area contributed by atoms with Crippen LogP contribution in [-0.4, -0.2) is 23.3 Å². The Hall–Kier alpha value is -3.16. The number of rotatable bonds is 6. The van der Waals surface area contributed by atoms with Gasteiger partial charge in [-0.25, -0.2) is 15.6 Å². The Morgan fingerprint density at radius 1 is 1.20 bits per heavy atom. The number of carboxylic acid groups (broad SMARTS) is 1. The number of carbonyl (C=O) groups excluding carboxylic acids is 1. The van der Waals surface area contributed by atoms with E-state index in [1.54, 1.807) is 42.5 Å². The topological polar surface area (TPSA) is 117 Å². The van der Waals surface area contributed by atoms with E-state index in [4.69, 9.17) is 22.6 Å². The average molecular weight is 359 g/mol. The fourth-order valence-electron chi connectivity index (χ4n) is 1.94. The zero-order valence-corrected chi connectivity index (χ0v) is 13.7. The molecule has 0 saturated heterocycles. The van der Waals surface area contributed by atoms with E-state index in [9.17, 15) is 9.59 Å². The molecule has 0 aliphatic heterocycles. The minimum atomic E-state index is -1.05. The number of aliphatic imine (C=N–C) groups is 1. The molecular weight excluding hydrogens is 344 g/mol. The maximum atomic E-state index is 12.3. The van der Waals surface area contributed by atoms with Gasteiger partial charge in [-0.3, -0.25) is 4.79 Å². The van der Waals surface area contributed by atoms with Gasteiger partial charge in [-0.15, -0.1) is 0 Å². The number of hydrogen-bond acceptors (Lipinski definition) is 4. The van der Waals surface area contributed by atoms with Crippen molar-refractivity contribution in [2.75, 3.05) is 5.32 Å². The first-order chi connectivity index (χ1) is 12.0. The number of nitrogens with zero attached hydrogens (tertiary/aromatic N) is 1. The van der Waals surface area contributed by atoms with Crippen molar-refractivity contribution in [3.8, 4) is 0 Å². The van der Waals surface area contributed by atoms with Gasteiger partial charge in [0, 0.05) is 11.6 Å². The van der Waals surface area contributed by atoms with Crippen molar-refractivity contribution in [2.45, 2.75) is 0 Å². The van der Waals surface area contributed by atoms with Crippen LogP contribution < -0.4 is 16.6 Å². The van der Waals surface area contributed by atoms with Crippen molar-refractivity contribution < 1.29 is 14.7 Å². The van der Waals surface area contributed by atoms with Crippen molar-refractivity contribution >= 4 is 47.3 Å². The second-order valence-electron chi connectivity index (χ2n) is 4.84. The molecule has 0 radical (unpaired) electrons. The minimum Gasteiger partial charge on any atom is -0.478 e. The number of halogens is 1. The maximum absolute atomic E-state index is 12.3. The summed E-state index contributed by atoms with van der Waals surface area (Å²) in [6, 6.07) is 11.5. The minimum absolute atomic E-state index is 0.294. The van der Waals surface area contributed by atoms with Crippen LogP contribution in [0.2, 0.25) is 5.02 Å². The lowest BCUT2D eigenvalue weighted by atomic mass is 10.1. The molecule has 1 amide bonds. The lowest BCUT2D eigenvalue weighted by Crippen LogP contribution is -2.18. The second kappa shape index (κ2) is 8.62. The summed E-state index contributed by atoms with van der Waals surface area (Å²) in [5.74, 6) is 3.70. The van der Waals surface area contributed by atoms with Gasteiger partial charge < -0.3 is 15.8 Å². The molecule has 128 valence electrons. The van der Waals surface area contributed by atoms with Crippen molar-refractivity contribution in [1.82, 2.24) is 5.43 Å². The maximum Gasteiger partial charge on any atom is 0.328 e. The molecule has 2 aromatic carbocycles. The third-order valence-electron chi connectivity index (χ3n) is 3.06. The molecule has 0 atom stereocenters. The highest BCUT2D eigenvalue weighted by Crippen LogP contribution is 2.24. The summed E-state index contributed by atoms with van der Waals surface area (Å²) >= 11 is 6.13. The normalized spacial score (nSPS) is 11.0. The zero-order valence-electron chi connectivity index (χ0n) is 12.9. The molecule has 0 saturated carbocycles. The predicted octanol–water partition coefficient (Wildman–Crippen LogP) is 2.81. The first-order valence-electron chi connectivity index (χ1n) is 7.10. The zero-order chi connectivity index (χ0) is 18.2. The van der Waals surface area contributed by atoms with E-state index in [0.717, 1.165) is 6.08 Å². The number of amides is 1. The molecule has 0 unspecified atom stereocenters. The number of nitrogens with two attached hydrogens (primary N) is 1. The number of hydrogen-bond donors (Lipinski definition) is 4. The van der Waals surface area contributed by atoms with E-state index in [-0.39, 0.29) is 5.91 Å². The molecule has 0 aromatic heterocycles. The highest BCUT2D eigenvalue weighted by Gasteiger charge is 2.09. The Kier molecular flexibility index (Phi) is 6.27. The van der Waals surface area contributed by atoms with Gasteiger partial charge in [0.25, 0.3) is 5.91 Å². The summed E-state index contributed by atoms with van der Waals surface area (Å²) < 4.78 is 0. The predicted molar refractivity (Wildman–Crippen MR) is 98.0 cm³/mol. The molecular formula is C17H15ClN4O3. The Labute approximate surface area is 148 Å². The fourth-order valence-corrected chi connectivity index (χ4v) is 2.17. The number of nitrogens with one attached hydrogen (secondary N) is 2. The van der Waals surface area contributed by atoms with E-state index < -0.39 is 5.97 Å². The number of benzene rings is 2. The molecule has 8 heteroatoms. The number of hydrazine groups is 1. The summed E-state index contributed by atoms with van der Waals surface area (Å²) in [6.45, 7) is 0. The Balaban J connectivity index is 2.15. The third kappa shape index (κ3) is 5.45. The van der Waals surface area contributed by atoms with E-state index in [0.29, 0.717) is 27.5 Å². The second-order valence-corrected chi connectivity index (χ2v) is 5.25. The van der Waals surface area contributed by atoms with Gasteiger partial charge in [-0.2, -0.15) is 0 Å². The van der Waals surface area contributed by atoms with Crippen molar-refractivity contribution in [3.63, 3.8) is 0 Å². The molecule has 0 heterocycles. The summed E-state index contributed by atoms with van der Waals surface area (Å²) in [7, 11) is 0. The molecule has 0 spiro atoms. The van der Waals surface area contributed by atoms with Gasteiger partial charge in [0.05, 0.1) is 16.4 Å². The third-order valence-corrected chi connectivity index (χ3v) is 3.37. The van der Waals surface area contributed by atoms with Crippen LogP contribution in [0.15, 0.2) is 53.5 Å². The summed E-state index contributed by atoms with van der Waals surface area (Å²) in [5.41, 5.74) is 4.27. The van der Waals surface area contributed by atoms with Crippen LogP contribution in [0.3, 0.4) is 0 Å². The van der Waals surface area contributed by atoms with Gasteiger partial charge in [-0.05, 0) is 42.0 Å². The number of carboxylic acids is 1. The Morgan fingerprint density at radius 3 is 2.68 bits per heavy atom. The quantitative estimate of drug-likeness (QED) is 0.208. The molecule has 0 aliphatic carbocycles. The molecule has 2 rings (SSSR count). The standard InChI is InChI=1S/C17H15ClN4O3/c18-14-8-11(5-7-16(23)24)4-6-15(14)22-17(25)12-2-1-3-13(9-12)20-10-21-19/h1-10H,19H2,(H,20,21)(H,22,25)(H,23,24). The van der Waals surface area contributed by atoms with Crippen LogP contribution in [0.1, 0.15) is 15.9 Å². The first-order valence-corrected chi connectivity index (χ1v) is 7.48. The van der Waals surface area contributed by atoms with Crippen LogP contribution in [-0.2, 0) is 4.79 Å². The van der Waals surface area contributed by atoms with Crippen LogP contribution >= 0.6 is 11.6 Å². The van der Waals surface area contributed by atoms with E-state index in [1.807, 2.05) is 0 Å².